The number of amides is 1. The Hall–Kier alpha value is -5.19. The number of carbonyl (C=O) groups is 2. The zero-order valence-electron chi connectivity index (χ0n) is 21.4. The number of ether oxygens (including phenoxy) is 3. The second-order valence-electron chi connectivity index (χ2n) is 8.46. The molecule has 198 valence electrons. The van der Waals surface area contributed by atoms with Crippen LogP contribution in [0, 0.1) is 0 Å². The second kappa shape index (κ2) is 11.5. The van der Waals surface area contributed by atoms with Gasteiger partial charge >= 0.3 is 5.97 Å². The highest BCUT2D eigenvalue weighted by molar-refractivity contribution is 6.03. The molecule has 0 saturated carbocycles. The van der Waals surface area contributed by atoms with Gasteiger partial charge in [0, 0.05) is 18.3 Å². The predicted octanol–water partition coefficient (Wildman–Crippen LogP) is 4.07. The number of nitrogens with one attached hydrogen (secondary N) is 2. The van der Waals surface area contributed by atoms with Crippen LogP contribution in [0.2, 0.25) is 0 Å². The van der Waals surface area contributed by atoms with Crippen LogP contribution in [0.15, 0.2) is 72.9 Å². The Kier molecular flexibility index (Phi) is 7.48. The van der Waals surface area contributed by atoms with Gasteiger partial charge in [-0.2, -0.15) is 5.10 Å². The second-order valence-corrected chi connectivity index (χ2v) is 8.46. The minimum atomic E-state index is -0.494. The zero-order chi connectivity index (χ0) is 27.2. The molecule has 0 unspecified atom stereocenters. The number of anilines is 1. The predicted molar refractivity (Wildman–Crippen MR) is 144 cm³/mol. The number of imidazole rings is 1. The van der Waals surface area contributed by atoms with Gasteiger partial charge in [0.15, 0.2) is 18.2 Å². The van der Waals surface area contributed by atoms with Crippen LogP contribution < -0.4 is 14.8 Å². The summed E-state index contributed by atoms with van der Waals surface area (Å²) in [7, 11) is 1.62. The number of H-pyrrole nitrogens is 1. The molecule has 39 heavy (non-hydrogen) atoms. The highest BCUT2D eigenvalue weighted by Crippen LogP contribution is 2.25. The Balaban J connectivity index is 1.36. The molecule has 3 aromatic heterocycles. The van der Waals surface area contributed by atoms with Crippen LogP contribution in [0.3, 0.4) is 0 Å². The number of fused-ring (bicyclic) bond motifs is 1. The fraction of sp³-hybridized carbons (Fsp3) is 0.179. The van der Waals surface area contributed by atoms with Crippen molar-refractivity contribution in [2.75, 3.05) is 25.6 Å². The summed E-state index contributed by atoms with van der Waals surface area (Å²) >= 11 is 0. The number of carbonyl (C=O) groups excluding carboxylic acids is 2. The molecule has 0 radical (unpaired) electrons. The van der Waals surface area contributed by atoms with Crippen LogP contribution in [0.4, 0.5) is 5.82 Å². The number of hydrogen-bond donors (Lipinski definition) is 2. The van der Waals surface area contributed by atoms with E-state index < -0.39 is 11.9 Å². The van der Waals surface area contributed by atoms with Crippen LogP contribution in [0.5, 0.6) is 11.6 Å². The summed E-state index contributed by atoms with van der Waals surface area (Å²) in [6, 6.07) is 20.3. The van der Waals surface area contributed by atoms with E-state index in [1.807, 2.05) is 48.5 Å². The number of aromatic nitrogens is 5. The molecule has 5 aromatic rings. The number of para-hydroxylation sites is 2. The summed E-state index contributed by atoms with van der Waals surface area (Å²) in [5.41, 5.74) is 3.72. The molecule has 11 heteroatoms. The third kappa shape index (κ3) is 6.04. The number of methoxy groups -OCH3 is 1. The lowest BCUT2D eigenvalue weighted by atomic mass is 10.2. The van der Waals surface area contributed by atoms with Crippen molar-refractivity contribution in [1.29, 1.82) is 0 Å². The van der Waals surface area contributed by atoms with E-state index in [9.17, 15) is 9.59 Å². The molecule has 0 spiro atoms. The number of esters is 1. The van der Waals surface area contributed by atoms with E-state index >= 15 is 0 Å². The van der Waals surface area contributed by atoms with Crippen molar-refractivity contribution in [3.63, 3.8) is 0 Å². The summed E-state index contributed by atoms with van der Waals surface area (Å²) in [6.45, 7) is 2.16. The zero-order valence-corrected chi connectivity index (χ0v) is 21.4. The van der Waals surface area contributed by atoms with Crippen molar-refractivity contribution >= 4 is 28.7 Å². The maximum Gasteiger partial charge on any atom is 0.344 e. The van der Waals surface area contributed by atoms with E-state index in [-0.39, 0.29) is 19.1 Å². The summed E-state index contributed by atoms with van der Waals surface area (Å²) in [6.07, 6.45) is 1.37. The third-order valence-corrected chi connectivity index (χ3v) is 5.79. The number of benzene rings is 2. The lowest BCUT2D eigenvalue weighted by Gasteiger charge is -2.07. The van der Waals surface area contributed by atoms with E-state index in [0.717, 1.165) is 22.3 Å². The summed E-state index contributed by atoms with van der Waals surface area (Å²) in [4.78, 5) is 36.5. The first-order valence-corrected chi connectivity index (χ1v) is 12.2. The molecule has 11 nitrogen and oxygen atoms in total. The molecule has 0 aliphatic heterocycles. The van der Waals surface area contributed by atoms with Gasteiger partial charge in [-0.25, -0.2) is 14.8 Å². The molecule has 0 atom stereocenters. The Morgan fingerprint density at radius 2 is 1.87 bits per heavy atom. The fourth-order valence-corrected chi connectivity index (χ4v) is 3.89. The van der Waals surface area contributed by atoms with Gasteiger partial charge in [0.1, 0.15) is 11.4 Å². The molecule has 0 saturated heterocycles. The molecular formula is C28H26N6O5. The van der Waals surface area contributed by atoms with Gasteiger partial charge < -0.3 is 24.5 Å². The van der Waals surface area contributed by atoms with E-state index in [0.29, 0.717) is 29.4 Å². The quantitative estimate of drug-likeness (QED) is 0.260. The Bertz CT molecular complexity index is 1560. The van der Waals surface area contributed by atoms with Crippen LogP contribution in [-0.2, 0) is 16.1 Å². The first-order chi connectivity index (χ1) is 19.0. The number of pyridine rings is 1. The molecule has 1 amide bonds. The van der Waals surface area contributed by atoms with Gasteiger partial charge in [-0.3, -0.25) is 9.48 Å². The van der Waals surface area contributed by atoms with E-state index in [4.69, 9.17) is 19.2 Å². The van der Waals surface area contributed by atoms with Crippen molar-refractivity contribution in [2.45, 2.75) is 13.5 Å². The normalized spacial score (nSPS) is 10.8. The number of hydrogen-bond acceptors (Lipinski definition) is 8. The smallest absolute Gasteiger partial charge is 0.344 e. The van der Waals surface area contributed by atoms with Crippen LogP contribution in [-0.4, -0.2) is 56.9 Å². The molecule has 2 N–H and O–H groups in total. The van der Waals surface area contributed by atoms with Gasteiger partial charge in [0.05, 0.1) is 36.9 Å². The SMILES string of the molecule is CCOC(=O)COc1ccc(C(=O)Nc2cc(-c3nc4ccccc4[nH]3)n(Cc3ccc(OC)cc3)n2)cn1. The molecular weight excluding hydrogens is 500 g/mol. The molecule has 0 fully saturated rings. The number of rotatable bonds is 10. The lowest BCUT2D eigenvalue weighted by Crippen LogP contribution is -2.16. The molecule has 2 aromatic carbocycles. The Labute approximate surface area is 223 Å². The lowest BCUT2D eigenvalue weighted by molar-refractivity contribution is -0.145. The number of nitrogens with zero attached hydrogens (tertiary/aromatic N) is 4. The van der Waals surface area contributed by atoms with Gasteiger partial charge in [-0.1, -0.05) is 24.3 Å². The van der Waals surface area contributed by atoms with Crippen molar-refractivity contribution in [2.24, 2.45) is 0 Å². The van der Waals surface area contributed by atoms with Crippen LogP contribution >= 0.6 is 0 Å². The van der Waals surface area contributed by atoms with Gasteiger partial charge in [0.25, 0.3) is 5.91 Å². The maximum absolute atomic E-state index is 13.0. The van der Waals surface area contributed by atoms with Crippen molar-refractivity contribution in [3.8, 4) is 23.1 Å². The number of aromatic amines is 1. The fourth-order valence-electron chi connectivity index (χ4n) is 3.89. The topological polar surface area (TPSA) is 133 Å². The van der Waals surface area contributed by atoms with Gasteiger partial charge in [-0.05, 0) is 42.8 Å². The third-order valence-electron chi connectivity index (χ3n) is 5.79. The maximum atomic E-state index is 13.0. The first kappa shape index (κ1) is 25.5. The Morgan fingerprint density at radius 1 is 1.05 bits per heavy atom. The van der Waals surface area contributed by atoms with Crippen molar-refractivity contribution in [1.82, 2.24) is 24.7 Å². The average molecular weight is 527 g/mol. The minimum Gasteiger partial charge on any atom is -0.497 e. The summed E-state index contributed by atoms with van der Waals surface area (Å²) < 4.78 is 17.1. The molecule has 0 aliphatic rings. The van der Waals surface area contributed by atoms with Gasteiger partial charge in [0.2, 0.25) is 5.88 Å². The van der Waals surface area contributed by atoms with Crippen molar-refractivity contribution < 1.29 is 23.8 Å². The van der Waals surface area contributed by atoms with Crippen molar-refractivity contribution in [3.05, 3.63) is 84.1 Å². The standard InChI is InChI=1S/C28H26N6O5/c1-3-38-26(35)17-39-25-13-10-19(15-29-25)28(36)32-24-14-23(27-30-21-6-4-5-7-22(21)31-27)34(33-24)16-18-8-11-20(37-2)12-9-18/h4-15H,3,16-17H2,1-2H3,(H,30,31)(H,32,33,36). The van der Waals surface area contributed by atoms with E-state index in [1.54, 1.807) is 30.8 Å². The minimum absolute atomic E-state index is 0.204. The summed E-state index contributed by atoms with van der Waals surface area (Å²) in [5, 5.41) is 7.47. The first-order valence-electron chi connectivity index (χ1n) is 12.2. The molecule has 5 rings (SSSR count). The Morgan fingerprint density at radius 3 is 2.59 bits per heavy atom. The monoisotopic (exact) mass is 526 g/mol. The van der Waals surface area contributed by atoms with Crippen LogP contribution in [0.1, 0.15) is 22.8 Å². The van der Waals surface area contributed by atoms with Crippen LogP contribution in [0.25, 0.3) is 22.6 Å². The van der Waals surface area contributed by atoms with Gasteiger partial charge in [-0.15, -0.1) is 0 Å². The van der Waals surface area contributed by atoms with E-state index in [1.165, 1.54) is 12.3 Å². The largest absolute Gasteiger partial charge is 0.497 e. The summed E-state index contributed by atoms with van der Waals surface area (Å²) in [5.74, 6) is 1.05. The molecule has 0 bridgehead atoms. The van der Waals surface area contributed by atoms with E-state index in [2.05, 4.69) is 20.4 Å². The molecule has 3 heterocycles. The average Bonchev–Trinajstić information content (AvgIpc) is 3.56. The molecule has 0 aliphatic carbocycles. The highest BCUT2D eigenvalue weighted by Gasteiger charge is 2.17. The highest BCUT2D eigenvalue weighted by atomic mass is 16.6.